The van der Waals surface area contributed by atoms with Crippen molar-refractivity contribution in [1.29, 1.82) is 0 Å². The fourth-order valence-electron chi connectivity index (χ4n) is 3.24. The summed E-state index contributed by atoms with van der Waals surface area (Å²) in [5.74, 6) is -0.863. The number of carboxylic acid groups (broad SMARTS) is 1. The van der Waals surface area contributed by atoms with Gasteiger partial charge in [0.05, 0.1) is 11.8 Å². The molecule has 1 heterocycles. The van der Waals surface area contributed by atoms with Crippen LogP contribution in [0.2, 0.25) is 0 Å². The number of aromatic carboxylic acids is 1. The highest BCUT2D eigenvalue weighted by molar-refractivity contribution is 5.88. The first kappa shape index (κ1) is 15.7. The molecule has 5 heteroatoms. The van der Waals surface area contributed by atoms with Crippen LogP contribution in [-0.4, -0.2) is 27.3 Å². The zero-order chi connectivity index (χ0) is 16.6. The first-order valence-electron chi connectivity index (χ1n) is 7.96. The molecule has 1 aromatic carbocycles. The topological polar surface area (TPSA) is 78.0 Å². The van der Waals surface area contributed by atoms with Crippen molar-refractivity contribution in [1.82, 2.24) is 15.5 Å². The van der Waals surface area contributed by atoms with Gasteiger partial charge in [0.1, 0.15) is 0 Å². The molecule has 5 nitrogen and oxygen atoms in total. The molecule has 0 fully saturated rings. The first-order valence-corrected chi connectivity index (χ1v) is 7.96. The van der Waals surface area contributed by atoms with Gasteiger partial charge < -0.3 is 10.4 Å². The van der Waals surface area contributed by atoms with Crippen LogP contribution in [0, 0.1) is 0 Å². The summed E-state index contributed by atoms with van der Waals surface area (Å²) in [5.41, 5.74) is 5.16. The first-order chi connectivity index (χ1) is 10.8. The van der Waals surface area contributed by atoms with Crippen LogP contribution in [-0.2, 0) is 24.8 Å². The third-order valence-electron chi connectivity index (χ3n) is 4.43. The molecule has 1 aromatic heterocycles. The number of carboxylic acids is 1. The van der Waals surface area contributed by atoms with E-state index in [0.717, 1.165) is 30.6 Å². The summed E-state index contributed by atoms with van der Waals surface area (Å²) in [6, 6.07) is 5.78. The Hall–Kier alpha value is -2.14. The zero-order valence-corrected chi connectivity index (χ0v) is 13.8. The number of carbonyl (C=O) groups is 1. The number of benzene rings is 1. The molecule has 3 rings (SSSR count). The van der Waals surface area contributed by atoms with Crippen molar-refractivity contribution in [3.05, 3.63) is 52.3 Å². The molecule has 1 aliphatic carbocycles. The lowest BCUT2D eigenvalue weighted by Gasteiger charge is -2.19. The summed E-state index contributed by atoms with van der Waals surface area (Å²) in [4.78, 5) is 11.1. The van der Waals surface area contributed by atoms with Gasteiger partial charge in [0.2, 0.25) is 0 Å². The van der Waals surface area contributed by atoms with Crippen molar-refractivity contribution in [3.8, 4) is 0 Å². The third-order valence-corrected chi connectivity index (χ3v) is 4.43. The van der Waals surface area contributed by atoms with Crippen LogP contribution in [0.3, 0.4) is 0 Å². The molecule has 0 aliphatic heterocycles. The highest BCUT2D eigenvalue weighted by Gasteiger charge is 2.24. The van der Waals surface area contributed by atoms with Gasteiger partial charge in [0.25, 0.3) is 0 Å². The number of aromatic amines is 1. The summed E-state index contributed by atoms with van der Waals surface area (Å²) >= 11 is 0. The van der Waals surface area contributed by atoms with Gasteiger partial charge in [-0.3, -0.25) is 5.10 Å². The third kappa shape index (κ3) is 3.29. The minimum atomic E-state index is -0.863. The van der Waals surface area contributed by atoms with Gasteiger partial charge in [-0.2, -0.15) is 5.10 Å². The fourth-order valence-corrected chi connectivity index (χ4v) is 3.24. The maximum Gasteiger partial charge on any atom is 0.335 e. The fraction of sp³-hybridized carbons (Fsp3) is 0.444. The normalized spacial score (nSPS) is 17.3. The van der Waals surface area contributed by atoms with Crippen molar-refractivity contribution < 1.29 is 9.90 Å². The summed E-state index contributed by atoms with van der Waals surface area (Å²) in [6.07, 6.45) is 3.70. The second-order valence-electron chi connectivity index (χ2n) is 7.29. The van der Waals surface area contributed by atoms with Gasteiger partial charge in [-0.25, -0.2) is 4.79 Å². The van der Waals surface area contributed by atoms with Crippen molar-refractivity contribution in [2.45, 2.75) is 51.6 Å². The van der Waals surface area contributed by atoms with Crippen LogP contribution >= 0.6 is 0 Å². The van der Waals surface area contributed by atoms with Crippen molar-refractivity contribution in [3.63, 3.8) is 0 Å². The van der Waals surface area contributed by atoms with Crippen molar-refractivity contribution in [2.75, 3.05) is 0 Å². The summed E-state index contributed by atoms with van der Waals surface area (Å²) in [5, 5.41) is 20.0. The Morgan fingerprint density at radius 3 is 2.78 bits per heavy atom. The maximum atomic E-state index is 11.1. The summed E-state index contributed by atoms with van der Waals surface area (Å²) in [7, 11) is 0. The quantitative estimate of drug-likeness (QED) is 0.811. The molecule has 0 bridgehead atoms. The van der Waals surface area contributed by atoms with E-state index < -0.39 is 5.97 Å². The molecule has 0 amide bonds. The van der Waals surface area contributed by atoms with E-state index in [9.17, 15) is 4.79 Å². The largest absolute Gasteiger partial charge is 0.478 e. The Bertz CT molecular complexity index is 728. The van der Waals surface area contributed by atoms with E-state index in [2.05, 4.69) is 36.3 Å². The lowest BCUT2D eigenvalue weighted by Crippen LogP contribution is -2.30. The van der Waals surface area contributed by atoms with E-state index >= 15 is 0 Å². The van der Waals surface area contributed by atoms with Crippen molar-refractivity contribution in [2.24, 2.45) is 0 Å². The minimum absolute atomic E-state index is 0.0442. The molecule has 1 aliphatic rings. The Morgan fingerprint density at radius 2 is 2.09 bits per heavy atom. The van der Waals surface area contributed by atoms with E-state index in [1.807, 2.05) is 12.3 Å². The van der Waals surface area contributed by atoms with Gasteiger partial charge in [0, 0.05) is 29.3 Å². The Kier molecular flexibility index (Phi) is 3.98. The molecular formula is C18H23N3O2. The molecule has 1 atom stereocenters. The van der Waals surface area contributed by atoms with Crippen LogP contribution in [0.4, 0.5) is 0 Å². The molecular weight excluding hydrogens is 290 g/mol. The summed E-state index contributed by atoms with van der Waals surface area (Å²) < 4.78 is 0. The monoisotopic (exact) mass is 313 g/mol. The number of H-pyrrole nitrogens is 1. The molecule has 23 heavy (non-hydrogen) atoms. The average molecular weight is 313 g/mol. The molecule has 0 radical (unpaired) electrons. The van der Waals surface area contributed by atoms with Gasteiger partial charge in [0.15, 0.2) is 0 Å². The lowest BCUT2D eigenvalue weighted by molar-refractivity contribution is 0.0697. The van der Waals surface area contributed by atoms with Crippen LogP contribution < -0.4 is 5.32 Å². The van der Waals surface area contributed by atoms with Crippen LogP contribution in [0.1, 0.15) is 53.5 Å². The smallest absolute Gasteiger partial charge is 0.335 e. The number of rotatable bonds is 4. The standard InChI is InChI=1S/C18H23N3O2/c1-18(2,3)16-14(10-20-21-16)9-19-15-7-11-4-5-12(17(22)23)6-13(11)8-15/h4-6,10,15,19H,7-9H2,1-3H3,(H,20,21)(H,22,23). The Labute approximate surface area is 136 Å². The number of aromatic nitrogens is 2. The predicted octanol–water partition coefficient (Wildman–Crippen LogP) is 2.66. The average Bonchev–Trinajstić information content (AvgIpc) is 3.09. The van der Waals surface area contributed by atoms with Gasteiger partial charge in [-0.15, -0.1) is 0 Å². The zero-order valence-electron chi connectivity index (χ0n) is 13.8. The van der Waals surface area contributed by atoms with Crippen molar-refractivity contribution >= 4 is 5.97 Å². The van der Waals surface area contributed by atoms with Gasteiger partial charge in [-0.1, -0.05) is 26.8 Å². The number of fused-ring (bicyclic) bond motifs is 1. The molecule has 3 N–H and O–H groups in total. The number of hydrogen-bond donors (Lipinski definition) is 3. The molecule has 122 valence electrons. The highest BCUT2D eigenvalue weighted by Crippen LogP contribution is 2.26. The van der Waals surface area contributed by atoms with E-state index in [1.165, 1.54) is 11.1 Å². The Balaban J connectivity index is 1.65. The molecule has 0 saturated carbocycles. The number of nitrogens with one attached hydrogen (secondary N) is 2. The van der Waals surface area contributed by atoms with E-state index in [4.69, 9.17) is 5.11 Å². The van der Waals surface area contributed by atoms with E-state index in [-0.39, 0.29) is 5.41 Å². The molecule has 0 spiro atoms. The lowest BCUT2D eigenvalue weighted by atomic mass is 9.89. The second-order valence-corrected chi connectivity index (χ2v) is 7.29. The van der Waals surface area contributed by atoms with Crippen LogP contribution in [0.5, 0.6) is 0 Å². The maximum absolute atomic E-state index is 11.1. The Morgan fingerprint density at radius 1 is 1.35 bits per heavy atom. The number of hydrogen-bond acceptors (Lipinski definition) is 3. The predicted molar refractivity (Wildman–Crippen MR) is 88.7 cm³/mol. The summed E-state index contributed by atoms with van der Waals surface area (Å²) in [6.45, 7) is 7.28. The molecule has 0 saturated heterocycles. The second kappa shape index (κ2) is 5.81. The van der Waals surface area contributed by atoms with E-state index in [1.54, 1.807) is 12.1 Å². The van der Waals surface area contributed by atoms with Gasteiger partial charge >= 0.3 is 5.97 Å². The molecule has 1 unspecified atom stereocenters. The highest BCUT2D eigenvalue weighted by atomic mass is 16.4. The minimum Gasteiger partial charge on any atom is -0.478 e. The van der Waals surface area contributed by atoms with E-state index in [0.29, 0.717) is 11.6 Å². The SMILES string of the molecule is CC(C)(C)c1[nH]ncc1CNC1Cc2ccc(C(=O)O)cc2C1. The van der Waals surface area contributed by atoms with Crippen LogP contribution in [0.25, 0.3) is 0 Å². The van der Waals surface area contributed by atoms with Gasteiger partial charge in [-0.05, 0) is 36.1 Å². The molecule has 2 aromatic rings. The number of nitrogens with zero attached hydrogens (tertiary/aromatic N) is 1. The van der Waals surface area contributed by atoms with Crippen LogP contribution in [0.15, 0.2) is 24.4 Å².